The number of hydrogen-bond donors (Lipinski definition) is 1. The van der Waals surface area contributed by atoms with Crippen LogP contribution >= 0.6 is 0 Å². The summed E-state index contributed by atoms with van der Waals surface area (Å²) in [5.74, 6) is -0.959. The minimum Gasteiger partial charge on any atom is -0.493 e. The van der Waals surface area contributed by atoms with Crippen LogP contribution in [0.4, 0.5) is 8.78 Å². The SMILES string of the molecule is COc1cccc(C=Cc2nc3cc(F)c(F)cc3n2-c2ccc(C(N)=O)nn2)c1OC1CCCC1. The van der Waals surface area contributed by atoms with Gasteiger partial charge in [0.25, 0.3) is 5.91 Å². The molecular weight excluding hydrogens is 468 g/mol. The average molecular weight is 491 g/mol. The van der Waals surface area contributed by atoms with Crippen molar-refractivity contribution in [2.45, 2.75) is 31.8 Å². The Bertz CT molecular complexity index is 1460. The molecule has 8 nitrogen and oxygen atoms in total. The average Bonchev–Trinajstić information content (AvgIpc) is 3.51. The number of carbonyl (C=O) groups is 1. The molecule has 1 aliphatic rings. The van der Waals surface area contributed by atoms with Gasteiger partial charge in [0.1, 0.15) is 5.82 Å². The van der Waals surface area contributed by atoms with Crippen LogP contribution in [0, 0.1) is 11.6 Å². The van der Waals surface area contributed by atoms with Crippen molar-refractivity contribution in [3.8, 4) is 17.3 Å². The first-order valence-corrected chi connectivity index (χ1v) is 11.5. The van der Waals surface area contributed by atoms with Gasteiger partial charge in [0.2, 0.25) is 0 Å². The van der Waals surface area contributed by atoms with Crippen molar-refractivity contribution in [2.75, 3.05) is 7.11 Å². The normalized spacial score (nSPS) is 14.1. The van der Waals surface area contributed by atoms with Crippen LogP contribution in [-0.2, 0) is 0 Å². The molecule has 2 aromatic carbocycles. The standard InChI is InChI=1S/C26H23F2N5O3/c1-35-22-8-4-5-15(25(22)36-16-6-2-3-7-16)9-11-23-30-20-13-17(27)18(28)14-21(20)33(23)24-12-10-19(26(29)34)31-32-24/h4-5,8-14,16H,2-3,6-7H2,1H3,(H2,29,34). The molecule has 5 rings (SSSR count). The Balaban J connectivity index is 1.61. The summed E-state index contributed by atoms with van der Waals surface area (Å²) in [6, 6.07) is 10.5. The third kappa shape index (κ3) is 4.49. The predicted octanol–water partition coefficient (Wildman–Crippen LogP) is 4.69. The zero-order chi connectivity index (χ0) is 25.2. The maximum Gasteiger partial charge on any atom is 0.269 e. The minimum atomic E-state index is -1.03. The number of halogens is 2. The zero-order valence-corrected chi connectivity index (χ0v) is 19.4. The number of imidazole rings is 1. The molecule has 0 radical (unpaired) electrons. The largest absolute Gasteiger partial charge is 0.493 e. The number of benzene rings is 2. The van der Waals surface area contributed by atoms with Crippen molar-refractivity contribution in [1.82, 2.24) is 19.7 Å². The van der Waals surface area contributed by atoms with Gasteiger partial charge in [-0.05, 0) is 56.0 Å². The Morgan fingerprint density at radius 2 is 1.86 bits per heavy atom. The predicted molar refractivity (Wildman–Crippen MR) is 130 cm³/mol. The molecule has 2 N–H and O–H groups in total. The molecule has 0 bridgehead atoms. The van der Waals surface area contributed by atoms with Gasteiger partial charge in [-0.25, -0.2) is 13.8 Å². The number of nitrogens with two attached hydrogens (primary N) is 1. The molecule has 0 unspecified atom stereocenters. The molecule has 0 atom stereocenters. The number of nitrogens with zero attached hydrogens (tertiary/aromatic N) is 4. The molecule has 0 aliphatic heterocycles. The van der Waals surface area contributed by atoms with Crippen molar-refractivity contribution in [3.05, 3.63) is 71.2 Å². The molecular formula is C26H23F2N5O3. The summed E-state index contributed by atoms with van der Waals surface area (Å²) >= 11 is 0. The van der Waals surface area contributed by atoms with E-state index in [1.54, 1.807) is 19.3 Å². The lowest BCUT2D eigenvalue weighted by atomic mass is 10.1. The van der Waals surface area contributed by atoms with Crippen LogP contribution < -0.4 is 15.2 Å². The Morgan fingerprint density at radius 1 is 1.08 bits per heavy atom. The lowest BCUT2D eigenvalue weighted by Crippen LogP contribution is -2.14. The highest BCUT2D eigenvalue weighted by molar-refractivity contribution is 5.90. The maximum atomic E-state index is 14.1. The van der Waals surface area contributed by atoms with Crippen molar-refractivity contribution in [1.29, 1.82) is 0 Å². The van der Waals surface area contributed by atoms with Crippen LogP contribution in [0.2, 0.25) is 0 Å². The van der Waals surface area contributed by atoms with E-state index in [0.717, 1.165) is 43.4 Å². The summed E-state index contributed by atoms with van der Waals surface area (Å²) in [7, 11) is 1.58. The van der Waals surface area contributed by atoms with Crippen LogP contribution in [0.15, 0.2) is 42.5 Å². The molecule has 0 saturated heterocycles. The summed E-state index contributed by atoms with van der Waals surface area (Å²) in [6.07, 6.45) is 7.80. The van der Waals surface area contributed by atoms with Crippen LogP contribution in [0.5, 0.6) is 11.5 Å². The first kappa shape index (κ1) is 23.4. The van der Waals surface area contributed by atoms with E-state index in [1.165, 1.54) is 16.7 Å². The fourth-order valence-electron chi connectivity index (χ4n) is 4.31. The van der Waals surface area contributed by atoms with Gasteiger partial charge in [-0.3, -0.25) is 9.36 Å². The topological polar surface area (TPSA) is 105 Å². The van der Waals surface area contributed by atoms with Crippen LogP contribution in [-0.4, -0.2) is 38.9 Å². The Labute approximate surface area is 205 Å². The zero-order valence-electron chi connectivity index (χ0n) is 19.4. The van der Waals surface area contributed by atoms with E-state index >= 15 is 0 Å². The van der Waals surface area contributed by atoms with Crippen LogP contribution in [0.1, 0.15) is 47.6 Å². The second-order valence-corrected chi connectivity index (χ2v) is 8.44. The second-order valence-electron chi connectivity index (χ2n) is 8.44. The maximum absolute atomic E-state index is 14.1. The van der Waals surface area contributed by atoms with E-state index < -0.39 is 17.5 Å². The van der Waals surface area contributed by atoms with Gasteiger partial charge in [-0.2, -0.15) is 0 Å². The smallest absolute Gasteiger partial charge is 0.269 e. The van der Waals surface area contributed by atoms with Crippen LogP contribution in [0.25, 0.3) is 29.0 Å². The lowest BCUT2D eigenvalue weighted by Gasteiger charge is -2.18. The molecule has 2 heterocycles. The number of methoxy groups -OCH3 is 1. The number of rotatable bonds is 7. The number of para-hydroxylation sites is 1. The van der Waals surface area contributed by atoms with E-state index in [4.69, 9.17) is 15.2 Å². The summed E-state index contributed by atoms with van der Waals surface area (Å²) in [6.45, 7) is 0. The van der Waals surface area contributed by atoms with Gasteiger partial charge >= 0.3 is 0 Å². The quantitative estimate of drug-likeness (QED) is 0.402. The number of fused-ring (bicyclic) bond motifs is 1. The molecule has 10 heteroatoms. The van der Waals surface area contributed by atoms with Crippen molar-refractivity contribution in [2.24, 2.45) is 5.73 Å². The molecule has 1 amide bonds. The summed E-state index contributed by atoms with van der Waals surface area (Å²) < 4.78 is 41.4. The summed E-state index contributed by atoms with van der Waals surface area (Å²) in [5, 5.41) is 7.88. The number of carbonyl (C=O) groups excluding carboxylic acids is 1. The van der Waals surface area contributed by atoms with Gasteiger partial charge in [-0.15, -0.1) is 10.2 Å². The first-order chi connectivity index (χ1) is 17.4. The highest BCUT2D eigenvalue weighted by atomic mass is 19.2. The number of primary amides is 1. The van der Waals surface area contributed by atoms with Gasteiger partial charge in [0.15, 0.2) is 34.6 Å². The molecule has 36 heavy (non-hydrogen) atoms. The molecule has 0 spiro atoms. The van der Waals surface area contributed by atoms with E-state index in [1.807, 2.05) is 18.2 Å². The molecule has 4 aromatic rings. The fraction of sp³-hybridized carbons (Fsp3) is 0.231. The number of ether oxygens (including phenoxy) is 2. The highest BCUT2D eigenvalue weighted by Gasteiger charge is 2.21. The van der Waals surface area contributed by atoms with Crippen molar-refractivity contribution >= 4 is 29.1 Å². The minimum absolute atomic E-state index is 0.0254. The Hall–Kier alpha value is -4.34. The third-order valence-corrected chi connectivity index (χ3v) is 6.08. The third-order valence-electron chi connectivity index (χ3n) is 6.08. The van der Waals surface area contributed by atoms with E-state index in [-0.39, 0.29) is 28.6 Å². The Kier molecular flexibility index (Phi) is 6.32. The summed E-state index contributed by atoms with van der Waals surface area (Å²) in [4.78, 5) is 15.9. The van der Waals surface area contributed by atoms with Gasteiger partial charge in [0.05, 0.1) is 24.2 Å². The molecule has 2 aromatic heterocycles. The van der Waals surface area contributed by atoms with E-state index in [0.29, 0.717) is 17.3 Å². The van der Waals surface area contributed by atoms with Gasteiger partial charge in [-0.1, -0.05) is 12.1 Å². The first-order valence-electron chi connectivity index (χ1n) is 11.5. The molecule has 1 fully saturated rings. The fourth-order valence-corrected chi connectivity index (χ4v) is 4.31. The van der Waals surface area contributed by atoms with Crippen LogP contribution in [0.3, 0.4) is 0 Å². The highest BCUT2D eigenvalue weighted by Crippen LogP contribution is 2.36. The van der Waals surface area contributed by atoms with Gasteiger partial charge < -0.3 is 15.2 Å². The number of aromatic nitrogens is 4. The lowest BCUT2D eigenvalue weighted by molar-refractivity contribution is 0.0994. The van der Waals surface area contributed by atoms with Crippen molar-refractivity contribution < 1.29 is 23.0 Å². The number of amides is 1. The molecule has 1 aliphatic carbocycles. The Morgan fingerprint density at radius 3 is 2.56 bits per heavy atom. The summed E-state index contributed by atoms with van der Waals surface area (Å²) in [5.41, 5.74) is 6.50. The molecule has 184 valence electrons. The van der Waals surface area contributed by atoms with E-state index in [9.17, 15) is 13.6 Å². The monoisotopic (exact) mass is 491 g/mol. The van der Waals surface area contributed by atoms with Gasteiger partial charge in [0, 0.05) is 17.7 Å². The molecule has 1 saturated carbocycles. The van der Waals surface area contributed by atoms with Crippen molar-refractivity contribution in [3.63, 3.8) is 0 Å². The number of hydrogen-bond acceptors (Lipinski definition) is 6. The second kappa shape index (κ2) is 9.73. The van der Waals surface area contributed by atoms with E-state index in [2.05, 4.69) is 15.2 Å².